The Balaban J connectivity index is 2.81. The smallest absolute Gasteiger partial charge is 0.134 e. The van der Waals surface area contributed by atoms with Gasteiger partial charge in [-0.15, -0.1) is 11.3 Å². The van der Waals surface area contributed by atoms with Crippen molar-refractivity contribution in [2.75, 3.05) is 0 Å². The fourth-order valence-electron chi connectivity index (χ4n) is 1.41. The van der Waals surface area contributed by atoms with Crippen LogP contribution in [-0.4, -0.2) is 5.11 Å². The molecule has 0 unspecified atom stereocenters. The van der Waals surface area contributed by atoms with Crippen molar-refractivity contribution in [3.8, 4) is 11.8 Å². The summed E-state index contributed by atoms with van der Waals surface area (Å²) in [6.45, 7) is 0. The highest BCUT2D eigenvalue weighted by Crippen LogP contribution is 2.37. The minimum absolute atomic E-state index is 0.261. The molecule has 0 aliphatic heterocycles. The first-order valence-corrected chi connectivity index (χ1v) is 5.66. The number of rotatable bonds is 1. The van der Waals surface area contributed by atoms with E-state index in [1.165, 1.54) is 11.3 Å². The average molecular weight is 268 g/mol. The van der Waals surface area contributed by atoms with Crippen molar-refractivity contribution < 1.29 is 5.11 Å². The van der Waals surface area contributed by atoms with Crippen LogP contribution in [0, 0.1) is 11.3 Å². The molecule has 0 aliphatic rings. The maximum absolute atomic E-state index is 9.62. The van der Waals surface area contributed by atoms with Crippen LogP contribution in [0.3, 0.4) is 0 Å². The summed E-state index contributed by atoms with van der Waals surface area (Å²) in [5.74, 6) is 0.261. The number of hydrogen-bond acceptors (Lipinski definition) is 3. The van der Waals surface area contributed by atoms with Crippen LogP contribution in [-0.2, 0) is 6.42 Å². The zero-order valence-corrected chi connectivity index (χ0v) is 9.52. The third-order valence-corrected chi connectivity index (χ3v) is 3.71. The van der Waals surface area contributed by atoms with E-state index in [1.807, 2.05) is 12.1 Å². The van der Waals surface area contributed by atoms with Gasteiger partial charge in [0.15, 0.2) is 0 Å². The number of aromatic hydroxyl groups is 1. The zero-order chi connectivity index (χ0) is 10.1. The minimum atomic E-state index is 0.261. The molecule has 1 N–H and O–H groups in total. The van der Waals surface area contributed by atoms with Crippen molar-refractivity contribution in [1.82, 2.24) is 0 Å². The van der Waals surface area contributed by atoms with Crippen LogP contribution >= 0.6 is 27.3 Å². The number of nitrogens with zero attached hydrogens (tertiary/aromatic N) is 1. The van der Waals surface area contributed by atoms with Crippen LogP contribution in [0.5, 0.6) is 5.75 Å². The summed E-state index contributed by atoms with van der Waals surface area (Å²) in [6, 6.07) is 5.94. The SMILES string of the molecule is N#CCc1c(Br)ccc2scc(O)c12. The predicted molar refractivity (Wildman–Crippen MR) is 60.5 cm³/mol. The Kier molecular flexibility index (Phi) is 2.44. The molecule has 14 heavy (non-hydrogen) atoms. The summed E-state index contributed by atoms with van der Waals surface area (Å²) >= 11 is 4.86. The molecule has 0 fully saturated rings. The molecule has 1 aromatic heterocycles. The zero-order valence-electron chi connectivity index (χ0n) is 7.12. The van der Waals surface area contributed by atoms with Crippen LogP contribution in [0.1, 0.15) is 5.56 Å². The fraction of sp³-hybridized carbons (Fsp3) is 0.100. The number of thiophene rings is 1. The lowest BCUT2D eigenvalue weighted by molar-refractivity contribution is 0.483. The predicted octanol–water partition coefficient (Wildman–Crippen LogP) is 3.44. The minimum Gasteiger partial charge on any atom is -0.506 e. The Labute approximate surface area is 93.5 Å². The number of nitriles is 1. The summed E-state index contributed by atoms with van der Waals surface area (Å²) in [5.41, 5.74) is 0.865. The third-order valence-electron chi connectivity index (χ3n) is 2.03. The Morgan fingerprint density at radius 1 is 1.50 bits per heavy atom. The Bertz CT molecular complexity index is 527. The van der Waals surface area contributed by atoms with Crippen molar-refractivity contribution in [3.63, 3.8) is 0 Å². The van der Waals surface area contributed by atoms with Crippen LogP contribution in [0.25, 0.3) is 10.1 Å². The molecule has 0 bridgehead atoms. The van der Waals surface area contributed by atoms with Crippen molar-refractivity contribution >= 4 is 37.4 Å². The first-order chi connectivity index (χ1) is 6.74. The van der Waals surface area contributed by atoms with Crippen molar-refractivity contribution in [3.05, 3.63) is 27.5 Å². The topological polar surface area (TPSA) is 44.0 Å². The first-order valence-electron chi connectivity index (χ1n) is 3.98. The molecule has 0 amide bonds. The monoisotopic (exact) mass is 267 g/mol. The van der Waals surface area contributed by atoms with Gasteiger partial charge >= 0.3 is 0 Å². The summed E-state index contributed by atoms with van der Waals surface area (Å²) < 4.78 is 1.89. The van der Waals surface area contributed by atoms with E-state index >= 15 is 0 Å². The lowest BCUT2D eigenvalue weighted by atomic mass is 10.1. The van der Waals surface area contributed by atoms with Gasteiger partial charge < -0.3 is 5.11 Å². The molecule has 0 aliphatic carbocycles. The molecule has 1 aromatic carbocycles. The second-order valence-electron chi connectivity index (χ2n) is 2.85. The molecular formula is C10H6BrNOS. The van der Waals surface area contributed by atoms with Crippen LogP contribution in [0.2, 0.25) is 0 Å². The highest BCUT2D eigenvalue weighted by molar-refractivity contribution is 9.10. The van der Waals surface area contributed by atoms with E-state index in [0.29, 0.717) is 6.42 Å². The maximum atomic E-state index is 9.62. The Morgan fingerprint density at radius 2 is 2.29 bits per heavy atom. The normalized spacial score (nSPS) is 10.3. The van der Waals surface area contributed by atoms with Gasteiger partial charge in [0, 0.05) is 19.9 Å². The average Bonchev–Trinajstić information content (AvgIpc) is 2.53. The fourth-order valence-corrected chi connectivity index (χ4v) is 2.73. The van der Waals surface area contributed by atoms with Gasteiger partial charge in [-0.25, -0.2) is 0 Å². The van der Waals surface area contributed by atoms with Gasteiger partial charge in [0.05, 0.1) is 12.5 Å². The summed E-state index contributed by atoms with van der Waals surface area (Å²) in [6.07, 6.45) is 0.308. The van der Waals surface area contributed by atoms with Crippen LogP contribution < -0.4 is 0 Å². The van der Waals surface area contributed by atoms with E-state index in [9.17, 15) is 5.11 Å². The van der Waals surface area contributed by atoms with Gasteiger partial charge in [0.25, 0.3) is 0 Å². The van der Waals surface area contributed by atoms with Gasteiger partial charge in [-0.1, -0.05) is 15.9 Å². The van der Waals surface area contributed by atoms with E-state index in [0.717, 1.165) is 20.1 Å². The van der Waals surface area contributed by atoms with E-state index in [4.69, 9.17) is 5.26 Å². The third kappa shape index (κ3) is 1.39. The van der Waals surface area contributed by atoms with Gasteiger partial charge in [-0.3, -0.25) is 0 Å². The summed E-state index contributed by atoms with van der Waals surface area (Å²) in [5, 5.41) is 20.8. The van der Waals surface area contributed by atoms with Gasteiger partial charge in [-0.2, -0.15) is 5.26 Å². The van der Waals surface area contributed by atoms with Gasteiger partial charge in [-0.05, 0) is 17.7 Å². The molecule has 2 aromatic rings. The molecule has 2 nitrogen and oxygen atoms in total. The second-order valence-corrected chi connectivity index (χ2v) is 4.62. The summed E-state index contributed by atoms with van der Waals surface area (Å²) in [4.78, 5) is 0. The number of benzene rings is 1. The standard InChI is InChI=1S/C10H6BrNOS/c11-7-1-2-9-10(6(7)3-4-12)8(13)5-14-9/h1-2,5,13H,3H2. The molecule has 4 heteroatoms. The largest absolute Gasteiger partial charge is 0.506 e. The lowest BCUT2D eigenvalue weighted by Crippen LogP contribution is -1.84. The highest BCUT2D eigenvalue weighted by atomic mass is 79.9. The molecule has 70 valence electrons. The lowest BCUT2D eigenvalue weighted by Gasteiger charge is -2.02. The van der Waals surface area contributed by atoms with E-state index < -0.39 is 0 Å². The molecule has 0 atom stereocenters. The highest BCUT2D eigenvalue weighted by Gasteiger charge is 2.10. The van der Waals surface area contributed by atoms with Crippen LogP contribution in [0.15, 0.2) is 22.0 Å². The number of halogens is 1. The Morgan fingerprint density at radius 3 is 3.00 bits per heavy atom. The Hall–Kier alpha value is -1.05. The van der Waals surface area contributed by atoms with Crippen molar-refractivity contribution in [2.45, 2.75) is 6.42 Å². The maximum Gasteiger partial charge on any atom is 0.134 e. The first kappa shape index (κ1) is 9.50. The molecule has 2 rings (SSSR count). The molecule has 0 saturated carbocycles. The molecule has 0 spiro atoms. The van der Waals surface area contributed by atoms with Gasteiger partial charge in [0.1, 0.15) is 5.75 Å². The summed E-state index contributed by atoms with van der Waals surface area (Å²) in [7, 11) is 0. The molecule has 0 saturated heterocycles. The van der Waals surface area contributed by atoms with E-state index in [1.54, 1.807) is 5.38 Å². The van der Waals surface area contributed by atoms with Crippen molar-refractivity contribution in [1.29, 1.82) is 5.26 Å². The molecule has 0 radical (unpaired) electrons. The number of hydrogen-bond donors (Lipinski definition) is 1. The van der Waals surface area contributed by atoms with Gasteiger partial charge in [0.2, 0.25) is 0 Å². The van der Waals surface area contributed by atoms with E-state index in [-0.39, 0.29) is 5.75 Å². The van der Waals surface area contributed by atoms with Crippen LogP contribution in [0.4, 0.5) is 0 Å². The van der Waals surface area contributed by atoms with Crippen molar-refractivity contribution in [2.24, 2.45) is 0 Å². The molecular weight excluding hydrogens is 262 g/mol. The quantitative estimate of drug-likeness (QED) is 0.861. The number of fused-ring (bicyclic) bond motifs is 1. The van der Waals surface area contributed by atoms with E-state index in [2.05, 4.69) is 22.0 Å². The second kappa shape index (κ2) is 3.60. The molecule has 1 heterocycles.